The van der Waals surface area contributed by atoms with Gasteiger partial charge in [0.2, 0.25) is 0 Å². The molecule has 0 aliphatic carbocycles. The van der Waals surface area contributed by atoms with Gasteiger partial charge in [-0.25, -0.2) is 8.42 Å². The summed E-state index contributed by atoms with van der Waals surface area (Å²) < 4.78 is 21.8. The second-order valence-electron chi connectivity index (χ2n) is 2.11. The van der Waals surface area contributed by atoms with E-state index >= 15 is 0 Å². The van der Waals surface area contributed by atoms with E-state index in [1.807, 2.05) is 0 Å². The number of benzene rings is 1. The van der Waals surface area contributed by atoms with Crippen LogP contribution in [0.4, 0.5) is 0 Å². The summed E-state index contributed by atoms with van der Waals surface area (Å²) in [7, 11) is 1.20. The molecule has 0 saturated carbocycles. The molecule has 0 heterocycles. The number of halogens is 4. The minimum absolute atomic E-state index is 0.0231. The minimum Gasteiger partial charge on any atom is -0.207 e. The fourth-order valence-corrected chi connectivity index (χ4v) is 2.64. The lowest BCUT2D eigenvalue weighted by Gasteiger charge is -2.02. The van der Waals surface area contributed by atoms with Crippen LogP contribution >= 0.6 is 45.5 Å². The zero-order valence-corrected chi connectivity index (χ0v) is 9.73. The summed E-state index contributed by atoms with van der Waals surface area (Å²) in [6.07, 6.45) is 0. The first-order valence-electron chi connectivity index (χ1n) is 2.92. The van der Waals surface area contributed by atoms with E-state index in [1.165, 1.54) is 12.1 Å². The Kier molecular flexibility index (Phi) is 3.36. The summed E-state index contributed by atoms with van der Waals surface area (Å²) in [4.78, 5) is -0.245. The Morgan fingerprint density at radius 3 is 2.00 bits per heavy atom. The molecule has 0 unspecified atom stereocenters. The highest BCUT2D eigenvalue weighted by Gasteiger charge is 2.18. The van der Waals surface area contributed by atoms with Gasteiger partial charge in [-0.15, -0.1) is 0 Å². The SMILES string of the molecule is O=S(=O)(Cl)c1ccc(Cl)c(Cl)c1Cl. The second-order valence-corrected chi connectivity index (χ2v) is 5.81. The van der Waals surface area contributed by atoms with Gasteiger partial charge in [-0.2, -0.15) is 0 Å². The monoisotopic (exact) mass is 278 g/mol. The molecule has 2 nitrogen and oxygen atoms in total. The molecular formula is C6H2Cl4O2S. The summed E-state index contributed by atoms with van der Waals surface area (Å²) in [5.74, 6) is 0. The van der Waals surface area contributed by atoms with Crippen molar-refractivity contribution in [1.82, 2.24) is 0 Å². The Morgan fingerprint density at radius 2 is 1.54 bits per heavy atom. The third-order valence-corrected chi connectivity index (χ3v) is 4.03. The van der Waals surface area contributed by atoms with Gasteiger partial charge in [0.25, 0.3) is 9.05 Å². The van der Waals surface area contributed by atoms with Crippen molar-refractivity contribution in [2.75, 3.05) is 0 Å². The molecule has 0 spiro atoms. The van der Waals surface area contributed by atoms with Crippen molar-refractivity contribution < 1.29 is 8.42 Å². The van der Waals surface area contributed by atoms with Crippen molar-refractivity contribution in [2.24, 2.45) is 0 Å². The molecule has 0 aromatic heterocycles. The lowest BCUT2D eigenvalue weighted by molar-refractivity contribution is 0.609. The smallest absolute Gasteiger partial charge is 0.207 e. The standard InChI is InChI=1S/C6H2Cl4O2S/c7-3-1-2-4(13(10,11)12)6(9)5(3)8/h1-2H. The summed E-state index contributed by atoms with van der Waals surface area (Å²) in [6, 6.07) is 2.50. The molecule has 72 valence electrons. The van der Waals surface area contributed by atoms with Crippen LogP contribution in [-0.4, -0.2) is 8.42 Å². The van der Waals surface area contributed by atoms with Crippen LogP contribution in [0.5, 0.6) is 0 Å². The van der Waals surface area contributed by atoms with E-state index in [2.05, 4.69) is 0 Å². The van der Waals surface area contributed by atoms with Crippen LogP contribution in [0.25, 0.3) is 0 Å². The molecular weight excluding hydrogens is 278 g/mol. The van der Waals surface area contributed by atoms with Gasteiger partial charge < -0.3 is 0 Å². The number of hydrogen-bond acceptors (Lipinski definition) is 2. The zero-order chi connectivity index (χ0) is 10.2. The summed E-state index contributed by atoms with van der Waals surface area (Å²) in [6.45, 7) is 0. The Balaban J connectivity index is 3.53. The van der Waals surface area contributed by atoms with E-state index in [-0.39, 0.29) is 20.0 Å². The van der Waals surface area contributed by atoms with Crippen molar-refractivity contribution in [2.45, 2.75) is 4.90 Å². The molecule has 0 N–H and O–H groups in total. The highest BCUT2D eigenvalue weighted by molar-refractivity contribution is 8.13. The van der Waals surface area contributed by atoms with Gasteiger partial charge in [0.1, 0.15) is 4.90 Å². The second kappa shape index (κ2) is 3.83. The molecule has 0 saturated heterocycles. The van der Waals surface area contributed by atoms with E-state index < -0.39 is 9.05 Å². The Morgan fingerprint density at radius 1 is 1.00 bits per heavy atom. The van der Waals surface area contributed by atoms with Crippen LogP contribution in [0, 0.1) is 0 Å². The van der Waals surface area contributed by atoms with E-state index in [1.54, 1.807) is 0 Å². The van der Waals surface area contributed by atoms with Crippen LogP contribution in [0.2, 0.25) is 15.1 Å². The normalized spacial score (nSPS) is 11.7. The van der Waals surface area contributed by atoms with Gasteiger partial charge >= 0.3 is 0 Å². The topological polar surface area (TPSA) is 34.1 Å². The molecule has 0 radical (unpaired) electrons. The molecule has 7 heteroatoms. The maximum atomic E-state index is 10.9. The van der Waals surface area contributed by atoms with Gasteiger partial charge in [0.15, 0.2) is 0 Å². The van der Waals surface area contributed by atoms with Gasteiger partial charge in [-0.05, 0) is 12.1 Å². The maximum Gasteiger partial charge on any atom is 0.262 e. The first-order chi connectivity index (χ1) is 5.84. The van der Waals surface area contributed by atoms with Gasteiger partial charge in [0, 0.05) is 10.7 Å². The molecule has 0 aliphatic rings. The van der Waals surface area contributed by atoms with Crippen molar-refractivity contribution in [3.8, 4) is 0 Å². The van der Waals surface area contributed by atoms with Crippen LogP contribution < -0.4 is 0 Å². The van der Waals surface area contributed by atoms with Gasteiger partial charge in [0.05, 0.1) is 15.1 Å². The summed E-state index contributed by atoms with van der Waals surface area (Å²) in [5.41, 5.74) is 0. The average molecular weight is 280 g/mol. The lowest BCUT2D eigenvalue weighted by Crippen LogP contribution is -1.92. The van der Waals surface area contributed by atoms with E-state index in [0.717, 1.165) is 0 Å². The molecule has 1 rings (SSSR count). The highest BCUT2D eigenvalue weighted by atomic mass is 35.7. The zero-order valence-electron chi connectivity index (χ0n) is 5.89. The fourth-order valence-electron chi connectivity index (χ4n) is 0.696. The first-order valence-corrected chi connectivity index (χ1v) is 6.36. The van der Waals surface area contributed by atoms with E-state index in [0.29, 0.717) is 0 Å². The number of rotatable bonds is 1. The van der Waals surface area contributed by atoms with Crippen molar-refractivity contribution in [3.63, 3.8) is 0 Å². The van der Waals surface area contributed by atoms with Crippen LogP contribution in [-0.2, 0) is 9.05 Å². The van der Waals surface area contributed by atoms with Gasteiger partial charge in [-0.1, -0.05) is 34.8 Å². The van der Waals surface area contributed by atoms with Crippen LogP contribution in [0.15, 0.2) is 17.0 Å². The Bertz CT molecular complexity index is 440. The largest absolute Gasteiger partial charge is 0.262 e. The van der Waals surface area contributed by atoms with Crippen LogP contribution in [0.1, 0.15) is 0 Å². The Hall–Kier alpha value is 0.330. The summed E-state index contributed by atoms with van der Waals surface area (Å²) in [5, 5.41) is -0.00930. The minimum atomic E-state index is -3.88. The summed E-state index contributed by atoms with van der Waals surface area (Å²) >= 11 is 16.8. The predicted octanol–water partition coefficient (Wildman–Crippen LogP) is 3.57. The molecule has 1 aromatic rings. The van der Waals surface area contributed by atoms with E-state index in [9.17, 15) is 8.42 Å². The quantitative estimate of drug-likeness (QED) is 0.582. The molecule has 0 aliphatic heterocycles. The predicted molar refractivity (Wildman–Crippen MR) is 54.5 cm³/mol. The molecule has 0 fully saturated rings. The van der Waals surface area contributed by atoms with Crippen molar-refractivity contribution in [1.29, 1.82) is 0 Å². The van der Waals surface area contributed by atoms with Crippen molar-refractivity contribution in [3.05, 3.63) is 27.2 Å². The molecule has 13 heavy (non-hydrogen) atoms. The average Bonchev–Trinajstić information content (AvgIpc) is 1.98. The Labute approximate surface area is 94.8 Å². The fraction of sp³-hybridized carbons (Fsp3) is 0. The van der Waals surface area contributed by atoms with Gasteiger partial charge in [-0.3, -0.25) is 0 Å². The number of hydrogen-bond donors (Lipinski definition) is 0. The molecule has 0 amide bonds. The van der Waals surface area contributed by atoms with Crippen molar-refractivity contribution >= 4 is 54.5 Å². The third kappa shape index (κ3) is 2.42. The first kappa shape index (κ1) is 11.4. The van der Waals surface area contributed by atoms with Crippen LogP contribution in [0.3, 0.4) is 0 Å². The lowest BCUT2D eigenvalue weighted by atomic mass is 10.4. The third-order valence-electron chi connectivity index (χ3n) is 1.26. The molecule has 0 bridgehead atoms. The molecule has 1 aromatic carbocycles. The molecule has 0 atom stereocenters. The maximum absolute atomic E-state index is 10.9. The van der Waals surface area contributed by atoms with E-state index in [4.69, 9.17) is 45.5 Å². The highest BCUT2D eigenvalue weighted by Crippen LogP contribution is 2.35.